The van der Waals surface area contributed by atoms with Crippen molar-refractivity contribution in [2.45, 2.75) is 17.4 Å². The van der Waals surface area contributed by atoms with Gasteiger partial charge in [-0.3, -0.25) is 4.90 Å². The average Bonchev–Trinajstić information content (AvgIpc) is 2.59. The first-order chi connectivity index (χ1) is 8.09. The van der Waals surface area contributed by atoms with Crippen molar-refractivity contribution in [1.82, 2.24) is 9.21 Å². The molecule has 17 heavy (non-hydrogen) atoms. The van der Waals surface area contributed by atoms with Gasteiger partial charge in [-0.25, -0.2) is 8.42 Å². The van der Waals surface area contributed by atoms with Crippen LogP contribution in [-0.2, 0) is 19.5 Å². The van der Waals surface area contributed by atoms with E-state index in [0.717, 1.165) is 6.54 Å². The first kappa shape index (κ1) is 11.9. The summed E-state index contributed by atoms with van der Waals surface area (Å²) >= 11 is 0. The molecule has 0 aromatic heterocycles. The number of morpholine rings is 1. The van der Waals surface area contributed by atoms with E-state index in [2.05, 4.69) is 4.90 Å². The molecular formula is C10H18N2O4S. The number of nitrogens with zero attached hydrogens (tertiary/aromatic N) is 2. The van der Waals surface area contributed by atoms with Gasteiger partial charge in [-0.2, -0.15) is 4.31 Å². The number of fused-ring (bicyclic) bond motifs is 1. The number of likely N-dealkylation sites (N-methyl/N-ethyl adjacent to an activating group) is 1. The summed E-state index contributed by atoms with van der Waals surface area (Å²) in [7, 11) is -1.15. The molecule has 98 valence electrons. The van der Waals surface area contributed by atoms with Crippen molar-refractivity contribution < 1.29 is 17.9 Å². The summed E-state index contributed by atoms with van der Waals surface area (Å²) in [5.41, 5.74) is 0. The largest absolute Gasteiger partial charge is 0.378 e. The van der Waals surface area contributed by atoms with Gasteiger partial charge in [0.15, 0.2) is 0 Å². The van der Waals surface area contributed by atoms with Crippen LogP contribution in [0.5, 0.6) is 0 Å². The second-order valence-electron chi connectivity index (χ2n) is 4.98. The molecule has 0 amide bonds. The highest BCUT2D eigenvalue weighted by Crippen LogP contribution is 2.27. The fourth-order valence-electron chi connectivity index (χ4n) is 2.63. The average molecular weight is 262 g/mol. The lowest BCUT2D eigenvalue weighted by molar-refractivity contribution is -0.0366. The van der Waals surface area contributed by atoms with Crippen LogP contribution < -0.4 is 0 Å². The minimum absolute atomic E-state index is 0.0320. The lowest BCUT2D eigenvalue weighted by atomic mass is 10.1. The van der Waals surface area contributed by atoms with Crippen LogP contribution in [-0.4, -0.2) is 81.5 Å². The van der Waals surface area contributed by atoms with Crippen LogP contribution in [0.4, 0.5) is 0 Å². The summed E-state index contributed by atoms with van der Waals surface area (Å²) in [4.78, 5) is 2.20. The van der Waals surface area contributed by atoms with E-state index in [-0.39, 0.29) is 17.4 Å². The van der Waals surface area contributed by atoms with Gasteiger partial charge >= 0.3 is 0 Å². The number of hydrogen-bond donors (Lipinski definition) is 0. The molecule has 0 aliphatic carbocycles. The minimum atomic E-state index is -3.18. The van der Waals surface area contributed by atoms with Gasteiger partial charge in [0.1, 0.15) is 5.25 Å². The highest BCUT2D eigenvalue weighted by atomic mass is 32.2. The monoisotopic (exact) mass is 262 g/mol. The van der Waals surface area contributed by atoms with Gasteiger partial charge < -0.3 is 9.47 Å². The van der Waals surface area contributed by atoms with Crippen LogP contribution in [0.1, 0.15) is 0 Å². The van der Waals surface area contributed by atoms with Crippen LogP contribution in [0.3, 0.4) is 0 Å². The van der Waals surface area contributed by atoms with Crippen molar-refractivity contribution in [3.8, 4) is 0 Å². The Kier molecular flexibility index (Phi) is 2.91. The van der Waals surface area contributed by atoms with Crippen molar-refractivity contribution >= 4 is 10.0 Å². The van der Waals surface area contributed by atoms with Crippen LogP contribution in [0.25, 0.3) is 0 Å². The molecular weight excluding hydrogens is 244 g/mol. The standard InChI is InChI=1S/C10H18N2O4S/c1-11-2-3-16-10-5-12(4-9(10)11)17(13,14)8-6-15-7-8/h8-10H,2-7H2,1H3. The summed E-state index contributed by atoms with van der Waals surface area (Å²) in [5, 5.41) is -0.340. The lowest BCUT2D eigenvalue weighted by Crippen LogP contribution is -2.49. The summed E-state index contributed by atoms with van der Waals surface area (Å²) in [5.74, 6) is 0. The van der Waals surface area contributed by atoms with Gasteiger partial charge in [0.25, 0.3) is 0 Å². The lowest BCUT2D eigenvalue weighted by Gasteiger charge is -2.33. The summed E-state index contributed by atoms with van der Waals surface area (Å²) in [6, 6.07) is 0.208. The zero-order chi connectivity index (χ0) is 12.0. The van der Waals surface area contributed by atoms with Crippen LogP contribution in [0, 0.1) is 0 Å². The Bertz CT molecular complexity index is 395. The molecule has 0 N–H and O–H groups in total. The molecule has 2 atom stereocenters. The van der Waals surface area contributed by atoms with Gasteiger partial charge in [0.2, 0.25) is 10.0 Å². The van der Waals surface area contributed by atoms with E-state index < -0.39 is 10.0 Å². The third-order valence-electron chi connectivity index (χ3n) is 3.93. The first-order valence-corrected chi connectivity index (χ1v) is 7.48. The fraction of sp³-hybridized carbons (Fsp3) is 1.00. The minimum Gasteiger partial charge on any atom is -0.378 e. The van der Waals surface area contributed by atoms with E-state index in [4.69, 9.17) is 9.47 Å². The molecule has 0 aromatic carbocycles. The Labute approximate surface area is 102 Å². The third kappa shape index (κ3) is 1.90. The number of hydrogen-bond acceptors (Lipinski definition) is 5. The maximum atomic E-state index is 12.2. The molecule has 3 aliphatic rings. The Morgan fingerprint density at radius 1 is 1.24 bits per heavy atom. The van der Waals surface area contributed by atoms with Gasteiger partial charge in [-0.15, -0.1) is 0 Å². The molecule has 3 heterocycles. The Morgan fingerprint density at radius 2 is 2.00 bits per heavy atom. The molecule has 6 nitrogen and oxygen atoms in total. The fourth-order valence-corrected chi connectivity index (χ4v) is 4.30. The van der Waals surface area contributed by atoms with Crippen molar-refractivity contribution in [1.29, 1.82) is 0 Å². The molecule has 3 rings (SSSR count). The van der Waals surface area contributed by atoms with Crippen molar-refractivity contribution in [2.24, 2.45) is 0 Å². The second kappa shape index (κ2) is 4.17. The SMILES string of the molecule is CN1CCOC2CN(S(=O)(=O)C3COC3)CC21. The molecule has 0 bridgehead atoms. The zero-order valence-corrected chi connectivity index (χ0v) is 10.7. The van der Waals surface area contributed by atoms with E-state index >= 15 is 0 Å². The predicted molar refractivity (Wildman–Crippen MR) is 61.3 cm³/mol. The molecule has 3 fully saturated rings. The zero-order valence-electron chi connectivity index (χ0n) is 9.91. The molecule has 0 radical (unpaired) electrons. The maximum Gasteiger partial charge on any atom is 0.221 e. The maximum absolute atomic E-state index is 12.2. The topological polar surface area (TPSA) is 59.1 Å². The van der Waals surface area contributed by atoms with Gasteiger partial charge in [-0.1, -0.05) is 0 Å². The van der Waals surface area contributed by atoms with E-state index in [0.29, 0.717) is 32.9 Å². The molecule has 2 unspecified atom stereocenters. The van der Waals surface area contributed by atoms with Gasteiger partial charge in [0.05, 0.1) is 32.0 Å². The number of rotatable bonds is 2. The highest BCUT2D eigenvalue weighted by Gasteiger charge is 2.46. The quantitative estimate of drug-likeness (QED) is 0.621. The van der Waals surface area contributed by atoms with Crippen molar-refractivity contribution in [3.05, 3.63) is 0 Å². The van der Waals surface area contributed by atoms with Gasteiger partial charge in [-0.05, 0) is 7.05 Å². The third-order valence-corrected chi connectivity index (χ3v) is 6.07. The van der Waals surface area contributed by atoms with Crippen LogP contribution in [0.2, 0.25) is 0 Å². The molecule has 7 heteroatoms. The van der Waals surface area contributed by atoms with E-state index in [9.17, 15) is 8.42 Å². The smallest absolute Gasteiger partial charge is 0.221 e. The Hall–Kier alpha value is -0.210. The number of sulfonamides is 1. The molecule has 3 saturated heterocycles. The van der Waals surface area contributed by atoms with Crippen LogP contribution >= 0.6 is 0 Å². The molecule has 0 aromatic rings. The van der Waals surface area contributed by atoms with E-state index in [1.165, 1.54) is 0 Å². The van der Waals surface area contributed by atoms with Gasteiger partial charge in [0, 0.05) is 19.6 Å². The summed E-state index contributed by atoms with van der Waals surface area (Å²) < 4.78 is 36.7. The number of ether oxygens (including phenoxy) is 2. The summed E-state index contributed by atoms with van der Waals surface area (Å²) in [6.07, 6.45) is 0.0320. The predicted octanol–water partition coefficient (Wildman–Crippen LogP) is -1.27. The Morgan fingerprint density at radius 3 is 2.59 bits per heavy atom. The molecule has 3 aliphatic heterocycles. The van der Waals surface area contributed by atoms with Crippen molar-refractivity contribution in [3.63, 3.8) is 0 Å². The van der Waals surface area contributed by atoms with Crippen LogP contribution in [0.15, 0.2) is 0 Å². The highest BCUT2D eigenvalue weighted by molar-refractivity contribution is 7.89. The summed E-state index contributed by atoms with van der Waals surface area (Å²) in [6.45, 7) is 3.29. The molecule has 0 saturated carbocycles. The Balaban J connectivity index is 1.74. The molecule has 0 spiro atoms. The van der Waals surface area contributed by atoms with E-state index in [1.54, 1.807) is 4.31 Å². The van der Waals surface area contributed by atoms with Crippen molar-refractivity contribution in [2.75, 3.05) is 46.5 Å². The normalized spacial score (nSPS) is 36.8. The first-order valence-electron chi connectivity index (χ1n) is 5.97. The van der Waals surface area contributed by atoms with E-state index in [1.807, 2.05) is 7.05 Å². The second-order valence-corrected chi connectivity index (χ2v) is 7.19.